The normalized spacial score (nSPS) is 12.2. The molecule has 0 radical (unpaired) electrons. The molecule has 0 unspecified atom stereocenters. The van der Waals surface area contributed by atoms with E-state index in [0.717, 1.165) is 10.0 Å². The van der Waals surface area contributed by atoms with E-state index in [1.807, 2.05) is 38.1 Å². The van der Waals surface area contributed by atoms with Crippen LogP contribution in [0.15, 0.2) is 34.9 Å². The van der Waals surface area contributed by atoms with Crippen molar-refractivity contribution in [1.29, 1.82) is 0 Å². The lowest BCUT2D eigenvalue weighted by molar-refractivity contribution is 0.0930. The first-order chi connectivity index (χ1) is 9.52. The third kappa shape index (κ3) is 3.01. The Bertz CT molecular complexity index is 606. The van der Waals surface area contributed by atoms with Crippen LogP contribution in [0.4, 0.5) is 5.69 Å². The number of aryl methyl sites for hydroxylation is 1. The van der Waals surface area contributed by atoms with Gasteiger partial charge in [-0.1, -0.05) is 28.1 Å². The summed E-state index contributed by atoms with van der Waals surface area (Å²) in [6, 6.07) is 7.73. The molecule has 6 heteroatoms. The van der Waals surface area contributed by atoms with Crippen molar-refractivity contribution < 1.29 is 4.79 Å². The van der Waals surface area contributed by atoms with Crippen molar-refractivity contribution in [3.63, 3.8) is 0 Å². The minimum atomic E-state index is -0.211. The summed E-state index contributed by atoms with van der Waals surface area (Å²) >= 11 is 3.39. The van der Waals surface area contributed by atoms with Gasteiger partial charge in [0.25, 0.3) is 5.91 Å². The van der Waals surface area contributed by atoms with Gasteiger partial charge in [0.1, 0.15) is 5.69 Å². The summed E-state index contributed by atoms with van der Waals surface area (Å²) in [6.45, 7) is 4.46. The van der Waals surface area contributed by atoms with Crippen LogP contribution in [0, 0.1) is 0 Å². The Morgan fingerprint density at radius 3 is 2.70 bits per heavy atom. The zero-order valence-corrected chi connectivity index (χ0v) is 13.0. The second kappa shape index (κ2) is 6.09. The highest BCUT2D eigenvalue weighted by molar-refractivity contribution is 9.10. The average Bonchev–Trinajstić information content (AvgIpc) is 2.80. The molecule has 5 nitrogen and oxygen atoms in total. The smallest absolute Gasteiger partial charge is 0.272 e. The van der Waals surface area contributed by atoms with Crippen molar-refractivity contribution >= 4 is 27.5 Å². The van der Waals surface area contributed by atoms with Crippen LogP contribution in [-0.2, 0) is 6.54 Å². The monoisotopic (exact) mass is 336 g/mol. The van der Waals surface area contributed by atoms with Crippen molar-refractivity contribution in [2.45, 2.75) is 26.4 Å². The van der Waals surface area contributed by atoms with Gasteiger partial charge in [-0.25, -0.2) is 0 Å². The maximum Gasteiger partial charge on any atom is 0.272 e. The lowest BCUT2D eigenvalue weighted by atomic mass is 10.1. The summed E-state index contributed by atoms with van der Waals surface area (Å²) < 4.78 is 2.60. The van der Waals surface area contributed by atoms with Crippen LogP contribution in [-0.4, -0.2) is 15.7 Å². The molecule has 0 fully saturated rings. The Morgan fingerprint density at radius 2 is 2.10 bits per heavy atom. The third-order valence-electron chi connectivity index (χ3n) is 3.10. The fourth-order valence-corrected chi connectivity index (χ4v) is 2.25. The van der Waals surface area contributed by atoms with Gasteiger partial charge in [0.2, 0.25) is 0 Å². The van der Waals surface area contributed by atoms with Gasteiger partial charge in [0.15, 0.2) is 0 Å². The second-order valence-corrected chi connectivity index (χ2v) is 5.43. The van der Waals surface area contributed by atoms with Crippen LogP contribution in [0.2, 0.25) is 0 Å². The number of carbonyl (C=O) groups is 1. The Morgan fingerprint density at radius 1 is 1.45 bits per heavy atom. The Labute approximate surface area is 126 Å². The summed E-state index contributed by atoms with van der Waals surface area (Å²) in [5, 5.41) is 7.01. The van der Waals surface area contributed by atoms with Crippen molar-refractivity contribution in [3.8, 4) is 0 Å². The van der Waals surface area contributed by atoms with E-state index in [-0.39, 0.29) is 11.9 Å². The van der Waals surface area contributed by atoms with E-state index in [0.29, 0.717) is 17.9 Å². The Kier molecular flexibility index (Phi) is 4.44. The largest absolute Gasteiger partial charge is 0.396 e. The van der Waals surface area contributed by atoms with Crippen LogP contribution in [0.3, 0.4) is 0 Å². The number of carbonyl (C=O) groups excluding carboxylic acids is 1. The molecular weight excluding hydrogens is 320 g/mol. The zero-order chi connectivity index (χ0) is 14.7. The second-order valence-electron chi connectivity index (χ2n) is 4.51. The molecule has 20 heavy (non-hydrogen) atoms. The van der Waals surface area contributed by atoms with Crippen LogP contribution in [0.5, 0.6) is 0 Å². The zero-order valence-electron chi connectivity index (χ0n) is 11.4. The summed E-state index contributed by atoms with van der Waals surface area (Å²) in [4.78, 5) is 12.3. The highest BCUT2D eigenvalue weighted by Gasteiger charge is 2.18. The van der Waals surface area contributed by atoms with Crippen molar-refractivity contribution in [1.82, 2.24) is 15.1 Å². The minimum absolute atomic E-state index is 0.102. The van der Waals surface area contributed by atoms with E-state index in [1.165, 1.54) is 6.20 Å². The number of nitrogens with zero attached hydrogens (tertiary/aromatic N) is 2. The molecule has 106 valence electrons. The number of nitrogen functional groups attached to an aromatic ring is 1. The summed E-state index contributed by atoms with van der Waals surface area (Å²) in [5.74, 6) is -0.211. The molecule has 0 bridgehead atoms. The fraction of sp³-hybridized carbons (Fsp3) is 0.286. The minimum Gasteiger partial charge on any atom is -0.396 e. The number of benzene rings is 1. The van der Waals surface area contributed by atoms with Gasteiger partial charge in [-0.2, -0.15) is 5.10 Å². The first-order valence-electron chi connectivity index (χ1n) is 6.40. The average molecular weight is 337 g/mol. The maximum atomic E-state index is 12.3. The molecule has 0 aliphatic rings. The Balaban J connectivity index is 2.15. The fourth-order valence-electron chi connectivity index (χ4n) is 1.99. The van der Waals surface area contributed by atoms with E-state index < -0.39 is 0 Å². The number of halogens is 1. The van der Waals surface area contributed by atoms with E-state index >= 15 is 0 Å². The van der Waals surface area contributed by atoms with Crippen LogP contribution < -0.4 is 11.1 Å². The van der Waals surface area contributed by atoms with E-state index in [1.54, 1.807) is 4.68 Å². The predicted octanol–water partition coefficient (Wildman–Crippen LogP) is 2.74. The number of hydrogen-bond acceptors (Lipinski definition) is 3. The summed E-state index contributed by atoms with van der Waals surface area (Å²) in [6.07, 6.45) is 1.50. The number of nitrogens with one attached hydrogen (secondary N) is 1. The standard InChI is InChI=1S/C14H17BrN4O/c1-3-19-13(12(16)8-17-19)14(20)18-9(2)10-4-6-11(15)7-5-10/h4-9H,3,16H2,1-2H3,(H,18,20)/t9-/m1/s1. The number of aromatic nitrogens is 2. The van der Waals surface area contributed by atoms with Gasteiger partial charge >= 0.3 is 0 Å². The number of anilines is 1. The number of hydrogen-bond donors (Lipinski definition) is 2. The molecule has 0 aliphatic heterocycles. The van der Waals surface area contributed by atoms with E-state index in [2.05, 4.69) is 26.3 Å². The molecule has 3 N–H and O–H groups in total. The van der Waals surface area contributed by atoms with Gasteiger partial charge < -0.3 is 11.1 Å². The van der Waals surface area contributed by atoms with Crippen molar-refractivity contribution in [3.05, 3.63) is 46.2 Å². The van der Waals surface area contributed by atoms with Gasteiger partial charge in [-0.05, 0) is 31.5 Å². The molecule has 1 aromatic heterocycles. The molecular formula is C14H17BrN4O. The summed E-state index contributed by atoms with van der Waals surface area (Å²) in [7, 11) is 0. The molecule has 1 amide bonds. The first-order valence-corrected chi connectivity index (χ1v) is 7.19. The quantitative estimate of drug-likeness (QED) is 0.901. The lowest BCUT2D eigenvalue weighted by Crippen LogP contribution is -2.29. The van der Waals surface area contributed by atoms with Gasteiger partial charge in [0, 0.05) is 11.0 Å². The topological polar surface area (TPSA) is 72.9 Å². The first kappa shape index (κ1) is 14.6. The number of nitrogens with two attached hydrogens (primary N) is 1. The van der Waals surface area contributed by atoms with E-state index in [9.17, 15) is 4.79 Å². The Hall–Kier alpha value is -1.82. The summed E-state index contributed by atoms with van der Waals surface area (Å²) in [5.41, 5.74) is 7.64. The predicted molar refractivity (Wildman–Crippen MR) is 82.3 cm³/mol. The lowest BCUT2D eigenvalue weighted by Gasteiger charge is -2.15. The molecule has 1 atom stereocenters. The van der Waals surface area contributed by atoms with Gasteiger partial charge in [-0.15, -0.1) is 0 Å². The molecule has 2 rings (SSSR count). The highest BCUT2D eigenvalue weighted by atomic mass is 79.9. The molecule has 0 saturated heterocycles. The molecule has 2 aromatic rings. The van der Waals surface area contributed by atoms with E-state index in [4.69, 9.17) is 5.73 Å². The molecule has 1 aromatic carbocycles. The number of amides is 1. The van der Waals surface area contributed by atoms with Gasteiger partial charge in [-0.3, -0.25) is 9.48 Å². The number of rotatable bonds is 4. The van der Waals surface area contributed by atoms with Gasteiger partial charge in [0.05, 0.1) is 17.9 Å². The van der Waals surface area contributed by atoms with Crippen molar-refractivity contribution in [2.24, 2.45) is 0 Å². The maximum absolute atomic E-state index is 12.3. The SMILES string of the molecule is CCn1ncc(N)c1C(=O)N[C@H](C)c1ccc(Br)cc1. The molecule has 1 heterocycles. The van der Waals surface area contributed by atoms with Crippen LogP contribution in [0.1, 0.15) is 35.9 Å². The van der Waals surface area contributed by atoms with Crippen LogP contribution in [0.25, 0.3) is 0 Å². The third-order valence-corrected chi connectivity index (χ3v) is 3.63. The van der Waals surface area contributed by atoms with Crippen LogP contribution >= 0.6 is 15.9 Å². The van der Waals surface area contributed by atoms with Crippen molar-refractivity contribution in [2.75, 3.05) is 5.73 Å². The molecule has 0 spiro atoms. The molecule has 0 aliphatic carbocycles. The highest BCUT2D eigenvalue weighted by Crippen LogP contribution is 2.18. The molecule has 0 saturated carbocycles.